The lowest BCUT2D eigenvalue weighted by Gasteiger charge is -2.63. The van der Waals surface area contributed by atoms with E-state index in [1.807, 2.05) is 26.8 Å². The van der Waals surface area contributed by atoms with Crippen molar-refractivity contribution in [1.29, 1.82) is 0 Å². The Kier molecular flexibility index (Phi) is 5.03. The van der Waals surface area contributed by atoms with Crippen LogP contribution in [0.2, 0.25) is 0 Å². The number of Topliss-reactive ketones (excluding diaryl/α,β-unsaturated/α-hetero) is 1. The van der Waals surface area contributed by atoms with Crippen LogP contribution in [0.15, 0.2) is 34.9 Å². The summed E-state index contributed by atoms with van der Waals surface area (Å²) in [7, 11) is 0. The van der Waals surface area contributed by atoms with Gasteiger partial charge >= 0.3 is 5.97 Å². The molecule has 3 N–H and O–H groups in total. The molecule has 0 aromatic carbocycles. The molecule has 0 bridgehead atoms. The summed E-state index contributed by atoms with van der Waals surface area (Å²) in [5.41, 5.74) is -3.87. The van der Waals surface area contributed by atoms with E-state index >= 15 is 0 Å². The van der Waals surface area contributed by atoms with Crippen LogP contribution in [0.4, 0.5) is 0 Å². The molecule has 5 aliphatic rings. The molecule has 8 atom stereocenters. The van der Waals surface area contributed by atoms with Gasteiger partial charge in [0.2, 0.25) is 0 Å². The maximum absolute atomic E-state index is 13.1. The van der Waals surface area contributed by atoms with E-state index in [0.717, 1.165) is 11.1 Å². The number of esters is 1. The number of cyclic esters (lactones) is 1. The third-order valence-corrected chi connectivity index (χ3v) is 11.1. The van der Waals surface area contributed by atoms with Crippen LogP contribution < -0.4 is 0 Å². The molecule has 6 heteroatoms. The minimum Gasteiger partial charge on any atom is -0.455 e. The van der Waals surface area contributed by atoms with Crippen molar-refractivity contribution in [2.75, 3.05) is 0 Å². The molecule has 1 aliphatic heterocycles. The van der Waals surface area contributed by atoms with E-state index in [0.29, 0.717) is 44.1 Å². The van der Waals surface area contributed by atoms with E-state index in [2.05, 4.69) is 12.2 Å². The van der Waals surface area contributed by atoms with E-state index in [1.54, 1.807) is 13.8 Å². The monoisotopic (exact) mass is 470 g/mol. The number of aliphatic hydroxyl groups is 3. The Morgan fingerprint density at radius 1 is 1.09 bits per heavy atom. The fourth-order valence-corrected chi connectivity index (χ4v) is 8.38. The predicted molar refractivity (Wildman–Crippen MR) is 127 cm³/mol. The van der Waals surface area contributed by atoms with E-state index in [9.17, 15) is 24.9 Å². The highest BCUT2D eigenvalue weighted by atomic mass is 16.6. The van der Waals surface area contributed by atoms with Crippen molar-refractivity contribution >= 4 is 11.8 Å². The molecule has 2 fully saturated rings. The number of ketones is 1. The number of hydrogen-bond acceptors (Lipinski definition) is 6. The summed E-state index contributed by atoms with van der Waals surface area (Å²) in [4.78, 5) is 25.6. The Bertz CT molecular complexity index is 1050. The summed E-state index contributed by atoms with van der Waals surface area (Å²) in [5.74, 6) is -0.495. The number of fused-ring (bicyclic) bond motifs is 5. The van der Waals surface area contributed by atoms with Gasteiger partial charge in [0.1, 0.15) is 23.1 Å². The maximum Gasteiger partial charge on any atom is 0.334 e. The van der Waals surface area contributed by atoms with Gasteiger partial charge in [0.05, 0.1) is 11.0 Å². The summed E-state index contributed by atoms with van der Waals surface area (Å²) in [6, 6.07) is 0. The molecular formula is C28H38O6. The van der Waals surface area contributed by atoms with Crippen molar-refractivity contribution in [1.82, 2.24) is 0 Å². The van der Waals surface area contributed by atoms with E-state index in [1.165, 1.54) is 0 Å². The fraction of sp³-hybridized carbons (Fsp3) is 0.714. The van der Waals surface area contributed by atoms with Gasteiger partial charge in [-0.1, -0.05) is 30.7 Å². The maximum atomic E-state index is 13.1. The van der Waals surface area contributed by atoms with Crippen LogP contribution in [0.1, 0.15) is 79.6 Å². The first-order chi connectivity index (χ1) is 15.7. The molecule has 0 amide bonds. The van der Waals surface area contributed by atoms with Crippen molar-refractivity contribution in [2.24, 2.45) is 22.7 Å². The van der Waals surface area contributed by atoms with Crippen LogP contribution in [-0.2, 0) is 14.3 Å². The molecule has 0 radical (unpaired) electrons. The molecular weight excluding hydrogens is 432 g/mol. The molecule has 6 nitrogen and oxygen atoms in total. The zero-order valence-corrected chi connectivity index (χ0v) is 21.0. The first kappa shape index (κ1) is 24.0. The zero-order chi connectivity index (χ0) is 24.9. The minimum atomic E-state index is -1.75. The number of carbonyl (C=O) groups excluding carboxylic acids is 2. The van der Waals surface area contributed by atoms with Gasteiger partial charge in [-0.2, -0.15) is 0 Å². The number of rotatable bonds is 2. The SMILES string of the molecule is CC1=C(C)C(=O)O[C@@H]([C@](C)(O)[C@@]2(O)CC[C@]3(O)[C@@H]4CC=C5C=CCC(=O)[C@]5(C)C4CC[C@]23C)C1. The third kappa shape index (κ3) is 2.63. The molecule has 0 aromatic rings. The Morgan fingerprint density at radius 2 is 1.79 bits per heavy atom. The van der Waals surface area contributed by atoms with Gasteiger partial charge < -0.3 is 20.1 Å². The molecule has 34 heavy (non-hydrogen) atoms. The average molecular weight is 471 g/mol. The molecule has 1 unspecified atom stereocenters. The highest BCUT2D eigenvalue weighted by molar-refractivity contribution is 5.92. The van der Waals surface area contributed by atoms with Gasteiger partial charge in [-0.05, 0) is 77.2 Å². The van der Waals surface area contributed by atoms with Gasteiger partial charge in [0, 0.05) is 23.8 Å². The summed E-state index contributed by atoms with van der Waals surface area (Å²) < 4.78 is 5.63. The van der Waals surface area contributed by atoms with Crippen LogP contribution in [-0.4, -0.2) is 50.0 Å². The standard InChI is InChI=1S/C28H38O6/c1-16-15-22(34-23(30)17(16)2)26(5,31)28(33)14-13-27(32)20-10-9-18-7-6-8-21(29)25(18,4)19(20)11-12-24(27,28)3/h6-7,9,19-20,22,31-33H,8,10-15H2,1-5H3/t19?,20-,22-,24+,25+,26+,27+,28-/m1/s1. The smallest absolute Gasteiger partial charge is 0.334 e. The number of carbonyl (C=O) groups is 2. The molecule has 186 valence electrons. The molecule has 0 spiro atoms. The number of hydrogen-bond donors (Lipinski definition) is 3. The van der Waals surface area contributed by atoms with Gasteiger partial charge in [-0.15, -0.1) is 0 Å². The lowest BCUT2D eigenvalue weighted by molar-refractivity contribution is -0.279. The summed E-state index contributed by atoms with van der Waals surface area (Å²) in [6.07, 6.45) is 8.25. The average Bonchev–Trinajstić information content (AvgIpc) is 3.00. The quantitative estimate of drug-likeness (QED) is 0.534. The first-order valence-corrected chi connectivity index (χ1v) is 12.7. The van der Waals surface area contributed by atoms with Crippen LogP contribution >= 0.6 is 0 Å². The Labute approximate surface area is 201 Å². The fourth-order valence-electron chi connectivity index (χ4n) is 8.38. The second kappa shape index (κ2) is 7.14. The second-order valence-electron chi connectivity index (χ2n) is 12.1. The molecule has 4 aliphatic carbocycles. The summed E-state index contributed by atoms with van der Waals surface area (Å²) in [6.45, 7) is 9.01. The molecule has 5 rings (SSSR count). The normalized spacial score (nSPS) is 47.9. The minimum absolute atomic E-state index is 0.0179. The molecule has 0 saturated heterocycles. The first-order valence-electron chi connectivity index (χ1n) is 12.7. The predicted octanol–water partition coefficient (Wildman–Crippen LogP) is 3.54. The highest BCUT2D eigenvalue weighted by Crippen LogP contribution is 2.70. The highest BCUT2D eigenvalue weighted by Gasteiger charge is 2.76. The van der Waals surface area contributed by atoms with E-state index in [4.69, 9.17) is 4.74 Å². The van der Waals surface area contributed by atoms with Crippen LogP contribution in [0, 0.1) is 22.7 Å². The number of allylic oxidation sites excluding steroid dienone is 4. The van der Waals surface area contributed by atoms with Crippen molar-refractivity contribution in [2.45, 2.75) is 102 Å². The van der Waals surface area contributed by atoms with E-state index in [-0.39, 0.29) is 24.0 Å². The van der Waals surface area contributed by atoms with Crippen LogP contribution in [0.5, 0.6) is 0 Å². The lowest BCUT2D eigenvalue weighted by Crippen LogP contribution is -2.72. The Hall–Kier alpha value is -1.76. The van der Waals surface area contributed by atoms with Crippen molar-refractivity contribution in [3.05, 3.63) is 34.9 Å². The molecule has 1 heterocycles. The van der Waals surface area contributed by atoms with Crippen LogP contribution in [0.25, 0.3) is 0 Å². The Balaban J connectivity index is 1.54. The van der Waals surface area contributed by atoms with Crippen molar-refractivity contribution in [3.8, 4) is 0 Å². The van der Waals surface area contributed by atoms with E-state index < -0.39 is 39.7 Å². The second-order valence-corrected chi connectivity index (χ2v) is 12.1. The van der Waals surface area contributed by atoms with Crippen LogP contribution in [0.3, 0.4) is 0 Å². The van der Waals surface area contributed by atoms with Gasteiger partial charge in [0.25, 0.3) is 0 Å². The van der Waals surface area contributed by atoms with Gasteiger partial charge in [-0.3, -0.25) is 4.79 Å². The topological polar surface area (TPSA) is 104 Å². The largest absolute Gasteiger partial charge is 0.455 e. The number of ether oxygens (including phenoxy) is 1. The zero-order valence-electron chi connectivity index (χ0n) is 21.0. The molecule has 2 saturated carbocycles. The lowest BCUT2D eigenvalue weighted by atomic mass is 9.44. The van der Waals surface area contributed by atoms with Crippen molar-refractivity contribution in [3.63, 3.8) is 0 Å². The van der Waals surface area contributed by atoms with Crippen molar-refractivity contribution < 1.29 is 29.6 Å². The third-order valence-electron chi connectivity index (χ3n) is 11.1. The Morgan fingerprint density at radius 3 is 2.47 bits per heavy atom. The summed E-state index contributed by atoms with van der Waals surface area (Å²) >= 11 is 0. The van der Waals surface area contributed by atoms with Gasteiger partial charge in [0.15, 0.2) is 0 Å². The summed E-state index contributed by atoms with van der Waals surface area (Å²) in [5, 5.41) is 36.5. The van der Waals surface area contributed by atoms with Gasteiger partial charge in [-0.25, -0.2) is 4.79 Å². The molecule has 0 aromatic heterocycles.